The molecule has 1 rings (SSSR count). The Bertz CT molecular complexity index is 191. The smallest absolute Gasteiger partial charge is 0.304 e. The fraction of sp³-hybridized carbons (Fsp3) is 0.900. The molecule has 0 unspecified atom stereocenters. The van der Waals surface area contributed by atoms with Crippen LogP contribution in [-0.2, 0) is 4.79 Å². The first-order valence-electron chi connectivity index (χ1n) is 5.16. The lowest BCUT2D eigenvalue weighted by Crippen LogP contribution is -2.36. The molecule has 1 aliphatic carbocycles. The first-order chi connectivity index (χ1) is 6.68. The average molecular weight is 217 g/mol. The van der Waals surface area contributed by atoms with Crippen LogP contribution in [0.5, 0.6) is 0 Å². The predicted octanol–water partition coefficient (Wildman–Crippen LogP) is 1.73. The Morgan fingerprint density at radius 2 is 2.14 bits per heavy atom. The van der Waals surface area contributed by atoms with E-state index < -0.39 is 5.97 Å². The molecule has 0 heterocycles. The van der Waals surface area contributed by atoms with E-state index in [9.17, 15) is 4.79 Å². The van der Waals surface area contributed by atoms with Crippen LogP contribution in [0.3, 0.4) is 0 Å². The van der Waals surface area contributed by atoms with Crippen LogP contribution in [0.1, 0.15) is 32.1 Å². The number of hydrogen-bond donors (Lipinski definition) is 2. The van der Waals surface area contributed by atoms with Crippen molar-refractivity contribution in [3.8, 4) is 0 Å². The van der Waals surface area contributed by atoms with Crippen molar-refractivity contribution in [1.82, 2.24) is 5.32 Å². The Morgan fingerprint density at radius 1 is 1.50 bits per heavy atom. The van der Waals surface area contributed by atoms with E-state index in [-0.39, 0.29) is 6.42 Å². The molecule has 1 aliphatic rings. The van der Waals surface area contributed by atoms with Crippen molar-refractivity contribution in [3.05, 3.63) is 0 Å². The molecule has 14 heavy (non-hydrogen) atoms. The molecular formula is C10H19NO2S. The van der Waals surface area contributed by atoms with Crippen LogP contribution in [-0.4, -0.2) is 35.2 Å². The number of nitrogens with one attached hydrogen (secondary N) is 1. The second-order valence-corrected chi connectivity index (χ2v) is 5.19. The van der Waals surface area contributed by atoms with Crippen molar-refractivity contribution in [2.24, 2.45) is 0 Å². The van der Waals surface area contributed by atoms with Crippen molar-refractivity contribution in [2.45, 2.75) is 36.9 Å². The van der Waals surface area contributed by atoms with Gasteiger partial charge in [0.2, 0.25) is 0 Å². The largest absolute Gasteiger partial charge is 0.481 e. The van der Waals surface area contributed by atoms with E-state index in [0.717, 1.165) is 6.54 Å². The Balaban J connectivity index is 2.18. The summed E-state index contributed by atoms with van der Waals surface area (Å²) in [5.74, 6) is -0.720. The third kappa shape index (κ3) is 3.50. The molecule has 4 heteroatoms. The van der Waals surface area contributed by atoms with Gasteiger partial charge in [-0.05, 0) is 19.1 Å². The van der Waals surface area contributed by atoms with Gasteiger partial charge >= 0.3 is 5.97 Å². The number of thioether (sulfide) groups is 1. The minimum absolute atomic E-state index is 0.227. The SMILES string of the molecule is CSC1(CNCCC(=O)O)CCCC1. The molecule has 3 nitrogen and oxygen atoms in total. The number of hydrogen-bond acceptors (Lipinski definition) is 3. The lowest BCUT2D eigenvalue weighted by atomic mass is 10.1. The summed E-state index contributed by atoms with van der Waals surface area (Å²) >= 11 is 1.93. The Kier molecular flexibility index (Phi) is 4.75. The molecule has 1 fully saturated rings. The van der Waals surface area contributed by atoms with Crippen molar-refractivity contribution >= 4 is 17.7 Å². The molecule has 0 aliphatic heterocycles. The maximum atomic E-state index is 10.3. The van der Waals surface area contributed by atoms with Gasteiger partial charge in [0.05, 0.1) is 6.42 Å². The maximum Gasteiger partial charge on any atom is 0.304 e. The third-order valence-electron chi connectivity index (χ3n) is 2.91. The fourth-order valence-corrected chi connectivity index (χ4v) is 2.93. The molecule has 0 atom stereocenters. The first kappa shape index (κ1) is 11.9. The summed E-state index contributed by atoms with van der Waals surface area (Å²) in [4.78, 5) is 10.3. The number of rotatable bonds is 6. The molecule has 0 aromatic carbocycles. The van der Waals surface area contributed by atoms with E-state index in [2.05, 4.69) is 11.6 Å². The van der Waals surface area contributed by atoms with Gasteiger partial charge in [-0.3, -0.25) is 4.79 Å². The third-order valence-corrected chi connectivity index (χ3v) is 4.33. The van der Waals surface area contributed by atoms with Crippen LogP contribution in [0.15, 0.2) is 0 Å². The molecule has 0 amide bonds. The minimum atomic E-state index is -0.720. The number of carboxylic acid groups (broad SMARTS) is 1. The zero-order chi connectivity index (χ0) is 10.4. The highest BCUT2D eigenvalue weighted by molar-refractivity contribution is 8.00. The molecule has 0 saturated heterocycles. The van der Waals surface area contributed by atoms with E-state index in [0.29, 0.717) is 11.3 Å². The molecule has 0 bridgehead atoms. The summed E-state index contributed by atoms with van der Waals surface area (Å²) in [6.45, 7) is 1.55. The lowest BCUT2D eigenvalue weighted by molar-refractivity contribution is -0.136. The molecule has 0 radical (unpaired) electrons. The minimum Gasteiger partial charge on any atom is -0.481 e. The average Bonchev–Trinajstić information content (AvgIpc) is 2.62. The highest BCUT2D eigenvalue weighted by Crippen LogP contribution is 2.39. The van der Waals surface area contributed by atoms with Gasteiger partial charge in [0, 0.05) is 17.8 Å². The monoisotopic (exact) mass is 217 g/mol. The normalized spacial score (nSPS) is 19.8. The Hall–Kier alpha value is -0.220. The second kappa shape index (κ2) is 5.61. The molecule has 1 saturated carbocycles. The molecule has 82 valence electrons. The number of carbonyl (C=O) groups is 1. The highest BCUT2D eigenvalue weighted by Gasteiger charge is 2.32. The van der Waals surface area contributed by atoms with E-state index in [4.69, 9.17) is 5.11 Å². The summed E-state index contributed by atoms with van der Waals surface area (Å²) in [7, 11) is 0. The van der Waals surface area contributed by atoms with Crippen molar-refractivity contribution in [2.75, 3.05) is 19.3 Å². The van der Waals surface area contributed by atoms with Crippen LogP contribution in [0, 0.1) is 0 Å². The molecular weight excluding hydrogens is 198 g/mol. The summed E-state index contributed by atoms with van der Waals surface area (Å²) < 4.78 is 0.387. The van der Waals surface area contributed by atoms with Gasteiger partial charge in [0.25, 0.3) is 0 Å². The van der Waals surface area contributed by atoms with Crippen LogP contribution < -0.4 is 5.32 Å². The van der Waals surface area contributed by atoms with Gasteiger partial charge < -0.3 is 10.4 Å². The van der Waals surface area contributed by atoms with Gasteiger partial charge in [-0.25, -0.2) is 0 Å². The summed E-state index contributed by atoms with van der Waals surface area (Å²) in [6.07, 6.45) is 7.57. The first-order valence-corrected chi connectivity index (χ1v) is 6.39. The van der Waals surface area contributed by atoms with Crippen molar-refractivity contribution in [3.63, 3.8) is 0 Å². The molecule has 0 aromatic heterocycles. The van der Waals surface area contributed by atoms with Gasteiger partial charge in [-0.2, -0.15) is 11.8 Å². The maximum absolute atomic E-state index is 10.3. The quantitative estimate of drug-likeness (QED) is 0.665. The van der Waals surface area contributed by atoms with Crippen molar-refractivity contribution < 1.29 is 9.90 Å². The summed E-state index contributed by atoms with van der Waals surface area (Å²) in [5, 5.41) is 11.7. The zero-order valence-corrected chi connectivity index (χ0v) is 9.53. The fourth-order valence-electron chi connectivity index (χ4n) is 1.98. The van der Waals surface area contributed by atoms with Gasteiger partial charge in [-0.15, -0.1) is 0 Å². The molecule has 2 N–H and O–H groups in total. The van der Waals surface area contributed by atoms with E-state index in [1.54, 1.807) is 0 Å². The van der Waals surface area contributed by atoms with E-state index >= 15 is 0 Å². The van der Waals surface area contributed by atoms with Gasteiger partial charge in [0.15, 0.2) is 0 Å². The van der Waals surface area contributed by atoms with Crippen LogP contribution >= 0.6 is 11.8 Å². The molecule has 0 spiro atoms. The van der Waals surface area contributed by atoms with Crippen LogP contribution in [0.2, 0.25) is 0 Å². The number of aliphatic carboxylic acids is 1. The predicted molar refractivity (Wildman–Crippen MR) is 59.8 cm³/mol. The van der Waals surface area contributed by atoms with Crippen LogP contribution in [0.25, 0.3) is 0 Å². The van der Waals surface area contributed by atoms with Gasteiger partial charge in [0.1, 0.15) is 0 Å². The van der Waals surface area contributed by atoms with Crippen molar-refractivity contribution in [1.29, 1.82) is 0 Å². The van der Waals surface area contributed by atoms with Gasteiger partial charge in [-0.1, -0.05) is 12.8 Å². The molecule has 0 aromatic rings. The second-order valence-electron chi connectivity index (χ2n) is 3.91. The zero-order valence-electron chi connectivity index (χ0n) is 8.71. The number of carboxylic acids is 1. The lowest BCUT2D eigenvalue weighted by Gasteiger charge is -2.26. The van der Waals surface area contributed by atoms with E-state index in [1.165, 1.54) is 25.7 Å². The Labute approximate surface area is 89.6 Å². The Morgan fingerprint density at radius 3 is 2.64 bits per heavy atom. The summed E-state index contributed by atoms with van der Waals surface area (Å²) in [5.41, 5.74) is 0. The highest BCUT2D eigenvalue weighted by atomic mass is 32.2. The topological polar surface area (TPSA) is 49.3 Å². The summed E-state index contributed by atoms with van der Waals surface area (Å²) in [6, 6.07) is 0. The van der Waals surface area contributed by atoms with E-state index in [1.807, 2.05) is 11.8 Å². The van der Waals surface area contributed by atoms with Crippen LogP contribution in [0.4, 0.5) is 0 Å². The standard InChI is InChI=1S/C10H19NO2S/c1-14-10(5-2-3-6-10)8-11-7-4-9(12)13/h11H,2-8H2,1H3,(H,12,13).